The van der Waals surface area contributed by atoms with Gasteiger partial charge in [0.15, 0.2) is 11.5 Å². The van der Waals surface area contributed by atoms with Crippen LogP contribution in [0.25, 0.3) is 0 Å². The van der Waals surface area contributed by atoms with Crippen LogP contribution in [0.4, 0.5) is 0 Å². The molecule has 126 valence electrons. The summed E-state index contributed by atoms with van der Waals surface area (Å²) < 4.78 is 11.3. The van der Waals surface area contributed by atoms with Crippen molar-refractivity contribution in [3.63, 3.8) is 0 Å². The number of benzene rings is 1. The molecule has 1 aromatic carbocycles. The van der Waals surface area contributed by atoms with Crippen molar-refractivity contribution in [2.45, 2.75) is 32.2 Å². The lowest BCUT2D eigenvalue weighted by Gasteiger charge is -2.16. The molecule has 1 N–H and O–H groups in total. The van der Waals surface area contributed by atoms with Crippen LogP contribution in [-0.2, 0) is 11.2 Å². The van der Waals surface area contributed by atoms with Gasteiger partial charge in [-0.1, -0.05) is 12.1 Å². The number of amides is 1. The number of carbonyl (C=O) groups excluding carboxylic acids is 1. The zero-order chi connectivity index (χ0) is 16.8. The molecular weight excluding hydrogens is 304 g/mol. The van der Waals surface area contributed by atoms with E-state index in [9.17, 15) is 4.79 Å². The maximum atomic E-state index is 12.2. The van der Waals surface area contributed by atoms with Crippen LogP contribution in [0.1, 0.15) is 36.9 Å². The molecule has 3 rings (SSSR count). The predicted molar refractivity (Wildman–Crippen MR) is 91.2 cm³/mol. The third-order valence-corrected chi connectivity index (χ3v) is 4.01. The van der Waals surface area contributed by atoms with E-state index in [0.717, 1.165) is 29.0 Å². The Morgan fingerprint density at radius 2 is 2.08 bits per heavy atom. The lowest BCUT2D eigenvalue weighted by atomic mass is 10.1. The van der Waals surface area contributed by atoms with Crippen molar-refractivity contribution in [2.24, 2.45) is 0 Å². The smallest absolute Gasteiger partial charge is 0.220 e. The average molecular weight is 326 g/mol. The first-order valence-electron chi connectivity index (χ1n) is 8.30. The second-order valence-corrected chi connectivity index (χ2v) is 5.91. The summed E-state index contributed by atoms with van der Waals surface area (Å²) >= 11 is 0. The monoisotopic (exact) mass is 326 g/mol. The first-order chi connectivity index (χ1) is 11.7. The molecule has 24 heavy (non-hydrogen) atoms. The van der Waals surface area contributed by atoms with E-state index in [2.05, 4.69) is 10.3 Å². The molecule has 0 fully saturated rings. The maximum absolute atomic E-state index is 12.2. The van der Waals surface area contributed by atoms with E-state index in [-0.39, 0.29) is 11.9 Å². The number of fused-ring (bicyclic) bond motifs is 1. The van der Waals surface area contributed by atoms with E-state index in [1.54, 1.807) is 12.4 Å². The van der Waals surface area contributed by atoms with Crippen molar-refractivity contribution in [1.82, 2.24) is 10.3 Å². The van der Waals surface area contributed by atoms with Gasteiger partial charge in [0.05, 0.1) is 19.3 Å². The molecule has 0 unspecified atom stereocenters. The number of hydrogen-bond acceptors (Lipinski definition) is 4. The second-order valence-electron chi connectivity index (χ2n) is 5.91. The van der Waals surface area contributed by atoms with Crippen molar-refractivity contribution in [3.05, 3.63) is 53.9 Å². The van der Waals surface area contributed by atoms with E-state index in [0.29, 0.717) is 26.1 Å². The summed E-state index contributed by atoms with van der Waals surface area (Å²) in [4.78, 5) is 16.2. The topological polar surface area (TPSA) is 60.5 Å². The number of nitrogens with zero attached hydrogens (tertiary/aromatic N) is 1. The fourth-order valence-electron chi connectivity index (χ4n) is 2.65. The van der Waals surface area contributed by atoms with Crippen LogP contribution in [-0.4, -0.2) is 24.1 Å². The molecule has 5 nitrogen and oxygen atoms in total. The van der Waals surface area contributed by atoms with Crippen LogP contribution in [0, 0.1) is 0 Å². The minimum Gasteiger partial charge on any atom is -0.490 e. The highest BCUT2D eigenvalue weighted by atomic mass is 16.5. The van der Waals surface area contributed by atoms with Crippen LogP contribution in [0.5, 0.6) is 11.5 Å². The zero-order valence-electron chi connectivity index (χ0n) is 13.8. The van der Waals surface area contributed by atoms with Crippen LogP contribution in [0.2, 0.25) is 0 Å². The Bertz CT molecular complexity index is 688. The summed E-state index contributed by atoms with van der Waals surface area (Å²) in [5.41, 5.74) is 2.07. The van der Waals surface area contributed by atoms with E-state index >= 15 is 0 Å². The number of nitrogens with one attached hydrogen (secondary N) is 1. The molecule has 0 saturated heterocycles. The Morgan fingerprint density at radius 1 is 1.25 bits per heavy atom. The summed E-state index contributed by atoms with van der Waals surface area (Å²) in [5.74, 6) is 1.55. The maximum Gasteiger partial charge on any atom is 0.220 e. The number of hydrogen-bond donors (Lipinski definition) is 1. The molecule has 1 amide bonds. The Balaban J connectivity index is 1.57. The fourth-order valence-corrected chi connectivity index (χ4v) is 2.65. The lowest BCUT2D eigenvalue weighted by molar-refractivity contribution is -0.121. The molecule has 1 aromatic heterocycles. The van der Waals surface area contributed by atoms with Crippen molar-refractivity contribution >= 4 is 5.91 Å². The molecule has 0 bridgehead atoms. The number of ether oxygens (including phenoxy) is 2. The highest BCUT2D eigenvalue weighted by Crippen LogP contribution is 2.32. The molecule has 1 aliphatic heterocycles. The third-order valence-electron chi connectivity index (χ3n) is 4.01. The SMILES string of the molecule is C[C@H](NC(=O)CCc1cccnc1)c1ccc2c(c1)OCCCO2. The van der Waals surface area contributed by atoms with Crippen molar-refractivity contribution in [1.29, 1.82) is 0 Å². The summed E-state index contributed by atoms with van der Waals surface area (Å²) in [6.45, 7) is 3.30. The van der Waals surface area contributed by atoms with Gasteiger partial charge in [0.2, 0.25) is 5.91 Å². The fraction of sp³-hybridized carbons (Fsp3) is 0.368. The van der Waals surface area contributed by atoms with Gasteiger partial charge in [0, 0.05) is 25.2 Å². The molecule has 0 aliphatic carbocycles. The molecule has 5 heteroatoms. The third kappa shape index (κ3) is 4.25. The van der Waals surface area contributed by atoms with Gasteiger partial charge < -0.3 is 14.8 Å². The average Bonchev–Trinajstić information content (AvgIpc) is 2.85. The normalized spacial score (nSPS) is 14.5. The molecule has 0 radical (unpaired) electrons. The van der Waals surface area contributed by atoms with Crippen molar-refractivity contribution in [2.75, 3.05) is 13.2 Å². The van der Waals surface area contributed by atoms with E-state index in [1.165, 1.54) is 0 Å². The number of pyridine rings is 1. The van der Waals surface area contributed by atoms with Gasteiger partial charge >= 0.3 is 0 Å². The number of aromatic nitrogens is 1. The van der Waals surface area contributed by atoms with Crippen LogP contribution in [0.3, 0.4) is 0 Å². The van der Waals surface area contributed by atoms with Crippen molar-refractivity contribution < 1.29 is 14.3 Å². The summed E-state index contributed by atoms with van der Waals surface area (Å²) in [7, 11) is 0. The van der Waals surface area contributed by atoms with Gasteiger partial charge in [0.1, 0.15) is 0 Å². The first kappa shape index (κ1) is 16.3. The van der Waals surface area contributed by atoms with Crippen LogP contribution >= 0.6 is 0 Å². The Kier molecular flexibility index (Phi) is 5.31. The van der Waals surface area contributed by atoms with Gasteiger partial charge in [-0.3, -0.25) is 9.78 Å². The number of carbonyl (C=O) groups is 1. The van der Waals surface area contributed by atoms with Gasteiger partial charge in [-0.05, 0) is 42.7 Å². The van der Waals surface area contributed by atoms with Gasteiger partial charge in [0.25, 0.3) is 0 Å². The minimum absolute atomic E-state index is 0.0264. The summed E-state index contributed by atoms with van der Waals surface area (Å²) in [5, 5.41) is 3.03. The summed E-state index contributed by atoms with van der Waals surface area (Å²) in [6.07, 6.45) is 5.54. The molecule has 1 aliphatic rings. The first-order valence-corrected chi connectivity index (χ1v) is 8.30. The van der Waals surface area contributed by atoms with E-state index < -0.39 is 0 Å². The Morgan fingerprint density at radius 3 is 2.88 bits per heavy atom. The molecule has 0 spiro atoms. The summed E-state index contributed by atoms with van der Waals surface area (Å²) in [6, 6.07) is 9.62. The minimum atomic E-state index is -0.0800. The van der Waals surface area contributed by atoms with Gasteiger partial charge in [-0.15, -0.1) is 0 Å². The van der Waals surface area contributed by atoms with Crippen LogP contribution < -0.4 is 14.8 Å². The quantitative estimate of drug-likeness (QED) is 0.917. The number of aryl methyl sites for hydroxylation is 1. The van der Waals surface area contributed by atoms with Crippen molar-refractivity contribution in [3.8, 4) is 11.5 Å². The van der Waals surface area contributed by atoms with Crippen LogP contribution in [0.15, 0.2) is 42.7 Å². The lowest BCUT2D eigenvalue weighted by Crippen LogP contribution is -2.26. The largest absolute Gasteiger partial charge is 0.490 e. The van der Waals surface area contributed by atoms with E-state index in [4.69, 9.17) is 9.47 Å². The van der Waals surface area contributed by atoms with Gasteiger partial charge in [-0.25, -0.2) is 0 Å². The van der Waals surface area contributed by atoms with Gasteiger partial charge in [-0.2, -0.15) is 0 Å². The second kappa shape index (κ2) is 7.81. The highest BCUT2D eigenvalue weighted by Gasteiger charge is 2.15. The molecule has 2 heterocycles. The Hall–Kier alpha value is -2.56. The molecule has 1 atom stereocenters. The standard InChI is InChI=1S/C19H22N2O3/c1-14(21-19(22)8-5-15-4-2-9-20-13-15)16-6-7-17-18(12-16)24-11-3-10-23-17/h2,4,6-7,9,12-14H,3,5,8,10-11H2,1H3,(H,21,22)/t14-/m0/s1. The zero-order valence-corrected chi connectivity index (χ0v) is 13.8. The van der Waals surface area contributed by atoms with E-state index in [1.807, 2.05) is 37.3 Å². The predicted octanol–water partition coefficient (Wildman–Crippen LogP) is 3.05. The molecule has 0 saturated carbocycles. The molecule has 2 aromatic rings. The number of rotatable bonds is 5. The highest BCUT2D eigenvalue weighted by molar-refractivity contribution is 5.76. The Labute approximate surface area is 142 Å². The molecular formula is C19H22N2O3.